The minimum Gasteiger partial charge on any atom is -0.477 e. The second kappa shape index (κ2) is 8.52. The number of ether oxygens (including phenoxy) is 1. The van der Waals surface area contributed by atoms with Crippen LogP contribution in [-0.4, -0.2) is 72.2 Å². The summed E-state index contributed by atoms with van der Waals surface area (Å²) in [7, 11) is 0. The van der Waals surface area contributed by atoms with Crippen molar-refractivity contribution in [3.05, 3.63) is 33.8 Å². The van der Waals surface area contributed by atoms with E-state index in [1.54, 1.807) is 0 Å². The number of aryl methyl sites for hydroxylation is 1. The summed E-state index contributed by atoms with van der Waals surface area (Å²) in [4.78, 5) is 58.4. The first-order chi connectivity index (χ1) is 14.2. The predicted octanol–water partition coefficient (Wildman–Crippen LogP) is -0.517. The number of thioether (sulfide) groups is 1. The van der Waals surface area contributed by atoms with Gasteiger partial charge >= 0.3 is 17.6 Å². The van der Waals surface area contributed by atoms with Gasteiger partial charge in [0.1, 0.15) is 36.1 Å². The lowest BCUT2D eigenvalue weighted by Crippen LogP contribution is -2.70. The van der Waals surface area contributed by atoms with Crippen molar-refractivity contribution in [2.24, 2.45) is 0 Å². The molecule has 13 nitrogen and oxygen atoms in total. The summed E-state index contributed by atoms with van der Waals surface area (Å²) in [5, 5.41) is 25.9. The number of β-lactam (4-membered cyclic amide) rings is 1. The average Bonchev–Trinajstić information content (AvgIpc) is 3.17. The monoisotopic (exact) mass is 439 g/mol. The van der Waals surface area contributed by atoms with Crippen LogP contribution in [0, 0.1) is 10.1 Å². The molecule has 2 atom stereocenters. The molecule has 2 N–H and O–H groups in total. The predicted molar refractivity (Wildman–Crippen MR) is 99.8 cm³/mol. The number of hydrogen-bond acceptors (Lipinski definition) is 9. The van der Waals surface area contributed by atoms with Gasteiger partial charge in [-0.05, 0) is 0 Å². The quantitative estimate of drug-likeness (QED) is 0.232. The maximum atomic E-state index is 12.5. The first kappa shape index (κ1) is 21.3. The minimum atomic E-state index is -1.32. The Hall–Kier alpha value is -3.42. The van der Waals surface area contributed by atoms with Crippen molar-refractivity contribution >= 4 is 41.2 Å². The largest absolute Gasteiger partial charge is 0.477 e. The van der Waals surface area contributed by atoms with Crippen molar-refractivity contribution in [1.29, 1.82) is 0 Å². The molecule has 0 spiro atoms. The average molecular weight is 439 g/mol. The van der Waals surface area contributed by atoms with E-state index in [1.807, 2.05) is 0 Å². The number of carbonyl (C=O) groups is 4. The van der Waals surface area contributed by atoms with Crippen LogP contribution < -0.4 is 5.32 Å². The Balaban J connectivity index is 1.60. The molecule has 0 radical (unpaired) electrons. The van der Waals surface area contributed by atoms with E-state index in [-0.39, 0.29) is 36.7 Å². The molecule has 1 aromatic rings. The van der Waals surface area contributed by atoms with E-state index in [4.69, 9.17) is 4.74 Å². The summed E-state index contributed by atoms with van der Waals surface area (Å²) in [5.74, 6) is -2.71. The van der Waals surface area contributed by atoms with Crippen molar-refractivity contribution in [3.63, 3.8) is 0 Å². The number of fused-ring (bicyclic) bond motifs is 1. The fraction of sp³-hybridized carbons (Fsp3) is 0.438. The smallest absolute Gasteiger partial charge is 0.352 e. The van der Waals surface area contributed by atoms with Crippen molar-refractivity contribution in [2.45, 2.75) is 31.3 Å². The molecule has 1 fully saturated rings. The normalized spacial score (nSPS) is 20.3. The summed E-state index contributed by atoms with van der Waals surface area (Å²) in [6.07, 6.45) is 2.19. The molecule has 14 heteroatoms. The highest BCUT2D eigenvalue weighted by atomic mass is 32.2. The van der Waals surface area contributed by atoms with Crippen LogP contribution in [0.5, 0.6) is 0 Å². The number of hydrogen-bond donors (Lipinski definition) is 2. The third-order valence-electron chi connectivity index (χ3n) is 4.41. The molecular formula is C16H17N5O8S. The van der Waals surface area contributed by atoms with Crippen LogP contribution in [0.2, 0.25) is 0 Å². The second-order valence-corrected chi connectivity index (χ2v) is 7.57. The number of nitro groups is 1. The first-order valence-electron chi connectivity index (χ1n) is 8.68. The molecule has 0 aromatic carbocycles. The van der Waals surface area contributed by atoms with Crippen LogP contribution in [-0.2, 0) is 30.5 Å². The molecule has 0 unspecified atom stereocenters. The lowest BCUT2D eigenvalue weighted by molar-refractivity contribution is -0.385. The summed E-state index contributed by atoms with van der Waals surface area (Å²) in [6, 6.07) is -0.890. The van der Waals surface area contributed by atoms with Gasteiger partial charge in [-0.2, -0.15) is 5.10 Å². The van der Waals surface area contributed by atoms with E-state index in [1.165, 1.54) is 29.6 Å². The van der Waals surface area contributed by atoms with Crippen LogP contribution in [0.4, 0.5) is 5.69 Å². The molecule has 160 valence electrons. The number of aromatic nitrogens is 2. The van der Waals surface area contributed by atoms with Gasteiger partial charge < -0.3 is 15.2 Å². The Morgan fingerprint density at radius 3 is 2.80 bits per heavy atom. The molecule has 2 aliphatic heterocycles. The standard InChI is InChI=1S/C16H17N5O8S/c1-8(22)29-6-9-7-30-15-12(14(24)20(15)13(9)16(25)26)18-11(23)2-3-19-5-10(4-17-19)21(27)28/h4-5,12,15H,2-3,6-7H2,1H3,(H,18,23)(H,25,26)/t12-,15-/m0/s1. The van der Waals surface area contributed by atoms with Gasteiger partial charge in [-0.25, -0.2) is 4.79 Å². The molecule has 2 amide bonds. The molecule has 3 heterocycles. The number of amides is 2. The van der Waals surface area contributed by atoms with E-state index in [2.05, 4.69) is 10.4 Å². The van der Waals surface area contributed by atoms with Gasteiger partial charge in [0.25, 0.3) is 5.91 Å². The van der Waals surface area contributed by atoms with Gasteiger partial charge in [0.2, 0.25) is 5.91 Å². The van der Waals surface area contributed by atoms with E-state index in [0.717, 1.165) is 11.1 Å². The Kier molecular flexibility index (Phi) is 6.05. The maximum absolute atomic E-state index is 12.5. The van der Waals surface area contributed by atoms with Gasteiger partial charge in [-0.15, -0.1) is 11.8 Å². The third-order valence-corrected chi connectivity index (χ3v) is 5.75. The van der Waals surface area contributed by atoms with E-state index in [9.17, 15) is 34.4 Å². The fourth-order valence-electron chi connectivity index (χ4n) is 3.01. The highest BCUT2D eigenvalue weighted by Crippen LogP contribution is 2.40. The number of nitrogens with one attached hydrogen (secondary N) is 1. The van der Waals surface area contributed by atoms with E-state index >= 15 is 0 Å². The molecule has 2 aliphatic rings. The number of rotatable bonds is 8. The number of aliphatic carboxylic acids is 1. The highest BCUT2D eigenvalue weighted by Gasteiger charge is 2.54. The van der Waals surface area contributed by atoms with Gasteiger partial charge in [0.15, 0.2) is 0 Å². The van der Waals surface area contributed by atoms with Crippen molar-refractivity contribution < 1.29 is 33.9 Å². The molecule has 1 aromatic heterocycles. The fourth-order valence-corrected chi connectivity index (χ4v) is 4.34. The van der Waals surface area contributed by atoms with Crippen molar-refractivity contribution in [1.82, 2.24) is 20.0 Å². The lowest BCUT2D eigenvalue weighted by atomic mass is 10.0. The highest BCUT2D eigenvalue weighted by molar-refractivity contribution is 8.00. The maximum Gasteiger partial charge on any atom is 0.352 e. The number of carbonyl (C=O) groups excluding carboxylic acids is 3. The van der Waals surface area contributed by atoms with Crippen LogP contribution >= 0.6 is 11.8 Å². The Morgan fingerprint density at radius 1 is 1.47 bits per heavy atom. The minimum absolute atomic E-state index is 0.0701. The number of nitrogens with zero attached hydrogens (tertiary/aromatic N) is 4. The Bertz CT molecular complexity index is 957. The molecule has 3 rings (SSSR count). The van der Waals surface area contributed by atoms with Gasteiger partial charge in [-0.3, -0.25) is 34.1 Å². The summed E-state index contributed by atoms with van der Waals surface area (Å²) in [6.45, 7) is 1.05. The van der Waals surface area contributed by atoms with Gasteiger partial charge in [-0.1, -0.05) is 0 Å². The Morgan fingerprint density at radius 2 is 2.20 bits per heavy atom. The molecule has 0 saturated carbocycles. The third kappa shape index (κ3) is 4.27. The topological polar surface area (TPSA) is 174 Å². The number of carboxylic acids is 1. The summed E-state index contributed by atoms with van der Waals surface area (Å²) < 4.78 is 6.10. The lowest BCUT2D eigenvalue weighted by Gasteiger charge is -2.49. The SMILES string of the molecule is CC(=O)OCC1=C(C(=O)O)N2C(=O)[C@H](NC(=O)CCn3cc([N+](=O)[O-])cn3)[C@@H]2SC1. The van der Waals surface area contributed by atoms with Crippen molar-refractivity contribution in [3.8, 4) is 0 Å². The number of esters is 1. The van der Waals surface area contributed by atoms with E-state index in [0.29, 0.717) is 5.57 Å². The van der Waals surface area contributed by atoms with Gasteiger partial charge in [0, 0.05) is 31.2 Å². The molecule has 1 saturated heterocycles. The number of carboxylic acid groups (broad SMARTS) is 1. The van der Waals surface area contributed by atoms with Crippen LogP contribution in [0.1, 0.15) is 13.3 Å². The Labute approximate surface area is 173 Å². The van der Waals surface area contributed by atoms with Crippen LogP contribution in [0.3, 0.4) is 0 Å². The molecule has 30 heavy (non-hydrogen) atoms. The zero-order chi connectivity index (χ0) is 22.0. The van der Waals surface area contributed by atoms with Crippen LogP contribution in [0.25, 0.3) is 0 Å². The molecule has 0 bridgehead atoms. The zero-order valence-corrected chi connectivity index (χ0v) is 16.5. The van der Waals surface area contributed by atoms with E-state index < -0.39 is 40.1 Å². The molecular weight excluding hydrogens is 422 g/mol. The summed E-state index contributed by atoms with van der Waals surface area (Å²) in [5.41, 5.74) is -0.131. The van der Waals surface area contributed by atoms with Crippen LogP contribution in [0.15, 0.2) is 23.7 Å². The molecule has 0 aliphatic carbocycles. The van der Waals surface area contributed by atoms with Gasteiger partial charge in [0.05, 0.1) is 4.92 Å². The summed E-state index contributed by atoms with van der Waals surface area (Å²) >= 11 is 1.25. The zero-order valence-electron chi connectivity index (χ0n) is 15.6. The second-order valence-electron chi connectivity index (χ2n) is 6.46. The first-order valence-corrected chi connectivity index (χ1v) is 9.73. The van der Waals surface area contributed by atoms with Crippen molar-refractivity contribution in [2.75, 3.05) is 12.4 Å².